The van der Waals surface area contributed by atoms with E-state index in [9.17, 15) is 9.59 Å². The van der Waals surface area contributed by atoms with Crippen molar-refractivity contribution in [2.24, 2.45) is 5.92 Å². The maximum Gasteiger partial charge on any atom is 0.374 e. The molecule has 0 aromatic rings. The molecule has 0 heterocycles. The summed E-state index contributed by atoms with van der Waals surface area (Å²) in [5.41, 5.74) is 0. The third kappa shape index (κ3) is 2.86. The van der Waals surface area contributed by atoms with Crippen molar-refractivity contribution in [2.45, 2.75) is 19.3 Å². The van der Waals surface area contributed by atoms with E-state index in [2.05, 4.69) is 11.3 Å². The van der Waals surface area contributed by atoms with Crippen LogP contribution in [0.5, 0.6) is 0 Å². The summed E-state index contributed by atoms with van der Waals surface area (Å²) in [6.07, 6.45) is 3.94. The molecule has 0 radical (unpaired) electrons. The van der Waals surface area contributed by atoms with E-state index in [-0.39, 0.29) is 6.61 Å². The molecule has 1 aliphatic rings. The predicted molar refractivity (Wildman–Crippen MR) is 43.5 cm³/mol. The van der Waals surface area contributed by atoms with E-state index in [0.717, 1.165) is 12.8 Å². The number of ketones is 1. The van der Waals surface area contributed by atoms with Crippen LogP contribution in [0.15, 0.2) is 12.7 Å². The second-order valence-electron chi connectivity index (χ2n) is 2.96. The van der Waals surface area contributed by atoms with Gasteiger partial charge in [-0.1, -0.05) is 12.7 Å². The minimum absolute atomic E-state index is 0.120. The van der Waals surface area contributed by atoms with Gasteiger partial charge in [-0.25, -0.2) is 4.79 Å². The number of hydrogen-bond acceptors (Lipinski definition) is 3. The van der Waals surface area contributed by atoms with Crippen LogP contribution in [0.3, 0.4) is 0 Å². The van der Waals surface area contributed by atoms with Crippen molar-refractivity contribution in [1.82, 2.24) is 0 Å². The average Bonchev–Trinajstić information content (AvgIpc) is 2.83. The number of carbonyl (C=O) groups excluding carboxylic acids is 2. The first kappa shape index (κ1) is 8.97. The molecular formula is C9H12O3. The van der Waals surface area contributed by atoms with Crippen molar-refractivity contribution in [1.29, 1.82) is 0 Å². The third-order valence-corrected chi connectivity index (χ3v) is 1.73. The fourth-order valence-corrected chi connectivity index (χ4v) is 0.883. The molecule has 66 valence electrons. The van der Waals surface area contributed by atoms with Gasteiger partial charge in [-0.05, 0) is 18.8 Å². The molecule has 0 aliphatic heterocycles. The molecular weight excluding hydrogens is 156 g/mol. The Morgan fingerprint density at radius 1 is 1.50 bits per heavy atom. The molecule has 0 bridgehead atoms. The Labute approximate surface area is 71.4 Å². The highest BCUT2D eigenvalue weighted by Crippen LogP contribution is 2.32. The van der Waals surface area contributed by atoms with E-state index in [1.165, 1.54) is 6.08 Å². The number of carbonyl (C=O) groups is 2. The molecule has 3 heteroatoms. The van der Waals surface area contributed by atoms with E-state index < -0.39 is 11.8 Å². The molecule has 1 rings (SSSR count). The molecule has 0 spiro atoms. The summed E-state index contributed by atoms with van der Waals surface area (Å²) in [6.45, 7) is 3.50. The maximum absolute atomic E-state index is 11.0. The number of hydrogen-bond donors (Lipinski definition) is 0. The van der Waals surface area contributed by atoms with Gasteiger partial charge < -0.3 is 4.74 Å². The summed E-state index contributed by atoms with van der Waals surface area (Å²) < 4.78 is 4.58. The van der Waals surface area contributed by atoms with Crippen LogP contribution in [0.2, 0.25) is 0 Å². The van der Waals surface area contributed by atoms with Crippen LogP contribution < -0.4 is 0 Å². The molecule has 1 saturated carbocycles. The summed E-state index contributed by atoms with van der Waals surface area (Å²) >= 11 is 0. The van der Waals surface area contributed by atoms with Crippen molar-refractivity contribution < 1.29 is 14.3 Å². The van der Waals surface area contributed by atoms with E-state index in [1.54, 1.807) is 0 Å². The van der Waals surface area contributed by atoms with Crippen LogP contribution >= 0.6 is 0 Å². The molecule has 1 aliphatic carbocycles. The fourth-order valence-electron chi connectivity index (χ4n) is 0.883. The van der Waals surface area contributed by atoms with Gasteiger partial charge in [-0.15, -0.1) is 0 Å². The molecule has 3 nitrogen and oxygen atoms in total. The molecule has 0 amide bonds. The highest BCUT2D eigenvalue weighted by atomic mass is 16.5. The Bertz CT molecular complexity index is 204. The van der Waals surface area contributed by atoms with Crippen molar-refractivity contribution in [2.75, 3.05) is 6.61 Å². The van der Waals surface area contributed by atoms with Crippen LogP contribution in [0.1, 0.15) is 19.3 Å². The Balaban J connectivity index is 2.19. The van der Waals surface area contributed by atoms with Crippen LogP contribution in [0.4, 0.5) is 0 Å². The average molecular weight is 168 g/mol. The lowest BCUT2D eigenvalue weighted by Gasteiger charge is -1.98. The highest BCUT2D eigenvalue weighted by Gasteiger charge is 2.27. The molecule has 0 atom stereocenters. The third-order valence-electron chi connectivity index (χ3n) is 1.73. The SMILES string of the molecule is C=CCOC(=O)C(=O)CC1CC1. The minimum Gasteiger partial charge on any atom is -0.456 e. The van der Waals surface area contributed by atoms with E-state index in [4.69, 9.17) is 0 Å². The maximum atomic E-state index is 11.0. The molecule has 0 saturated heterocycles. The van der Waals surface area contributed by atoms with Crippen molar-refractivity contribution >= 4 is 11.8 Å². The Kier molecular flexibility index (Phi) is 3.02. The van der Waals surface area contributed by atoms with Crippen LogP contribution in [0, 0.1) is 5.92 Å². The fraction of sp³-hybridized carbons (Fsp3) is 0.556. The number of Topliss-reactive ketones (excluding diaryl/α,β-unsaturated/α-hetero) is 1. The van der Waals surface area contributed by atoms with E-state index in [0.29, 0.717) is 12.3 Å². The van der Waals surface area contributed by atoms with Gasteiger partial charge in [0.05, 0.1) is 0 Å². The summed E-state index contributed by atoms with van der Waals surface area (Å²) in [7, 11) is 0. The summed E-state index contributed by atoms with van der Waals surface area (Å²) in [5, 5.41) is 0. The van der Waals surface area contributed by atoms with Crippen molar-refractivity contribution in [3.8, 4) is 0 Å². The number of ether oxygens (including phenoxy) is 1. The zero-order valence-electron chi connectivity index (χ0n) is 6.91. The first-order chi connectivity index (χ1) is 5.74. The van der Waals surface area contributed by atoms with Gasteiger partial charge in [0.15, 0.2) is 0 Å². The second-order valence-corrected chi connectivity index (χ2v) is 2.96. The topological polar surface area (TPSA) is 43.4 Å². The van der Waals surface area contributed by atoms with Gasteiger partial charge in [0.2, 0.25) is 5.78 Å². The van der Waals surface area contributed by atoms with Crippen molar-refractivity contribution in [3.05, 3.63) is 12.7 Å². The quantitative estimate of drug-likeness (QED) is 0.350. The second kappa shape index (κ2) is 4.04. The molecule has 0 aromatic carbocycles. The zero-order chi connectivity index (χ0) is 8.97. The van der Waals surface area contributed by atoms with Crippen molar-refractivity contribution in [3.63, 3.8) is 0 Å². The molecule has 0 aromatic heterocycles. The number of esters is 1. The minimum atomic E-state index is -0.721. The van der Waals surface area contributed by atoms with E-state index in [1.807, 2.05) is 0 Å². The first-order valence-electron chi connectivity index (χ1n) is 4.05. The lowest BCUT2D eigenvalue weighted by molar-refractivity contribution is -0.153. The van der Waals surface area contributed by atoms with Crippen LogP contribution in [0.25, 0.3) is 0 Å². The largest absolute Gasteiger partial charge is 0.456 e. The summed E-state index contributed by atoms with van der Waals surface area (Å²) in [6, 6.07) is 0. The van der Waals surface area contributed by atoms with Gasteiger partial charge in [0.1, 0.15) is 6.61 Å². The monoisotopic (exact) mass is 168 g/mol. The van der Waals surface area contributed by atoms with Crippen LogP contribution in [-0.4, -0.2) is 18.4 Å². The van der Waals surface area contributed by atoms with Gasteiger partial charge in [-0.2, -0.15) is 0 Å². The molecule has 12 heavy (non-hydrogen) atoms. The molecule has 1 fully saturated rings. The standard InChI is InChI=1S/C9H12O3/c1-2-5-12-9(11)8(10)6-7-3-4-7/h2,7H,1,3-6H2. The normalized spacial score (nSPS) is 15.3. The zero-order valence-corrected chi connectivity index (χ0v) is 6.91. The Hall–Kier alpha value is -1.12. The van der Waals surface area contributed by atoms with Gasteiger partial charge in [-0.3, -0.25) is 4.79 Å². The molecule has 0 N–H and O–H groups in total. The lowest BCUT2D eigenvalue weighted by Crippen LogP contribution is -2.17. The first-order valence-corrected chi connectivity index (χ1v) is 4.05. The van der Waals surface area contributed by atoms with Gasteiger partial charge in [0.25, 0.3) is 0 Å². The Morgan fingerprint density at radius 3 is 2.67 bits per heavy atom. The van der Waals surface area contributed by atoms with Gasteiger partial charge in [0, 0.05) is 6.42 Å². The lowest BCUT2D eigenvalue weighted by atomic mass is 10.2. The highest BCUT2D eigenvalue weighted by molar-refractivity contribution is 6.33. The summed E-state index contributed by atoms with van der Waals surface area (Å²) in [4.78, 5) is 21.8. The predicted octanol–water partition coefficient (Wildman–Crippen LogP) is 1.08. The van der Waals surface area contributed by atoms with E-state index >= 15 is 0 Å². The van der Waals surface area contributed by atoms with Gasteiger partial charge >= 0.3 is 5.97 Å². The smallest absolute Gasteiger partial charge is 0.374 e. The summed E-state index contributed by atoms with van der Waals surface area (Å²) in [5.74, 6) is -0.685. The van der Waals surface area contributed by atoms with Crippen LogP contribution in [-0.2, 0) is 14.3 Å². The molecule has 0 unspecified atom stereocenters. The number of rotatable bonds is 5. The Morgan fingerprint density at radius 2 is 2.17 bits per heavy atom.